The summed E-state index contributed by atoms with van der Waals surface area (Å²) in [5, 5.41) is 2.78. The van der Waals surface area contributed by atoms with Gasteiger partial charge in [0.2, 0.25) is 15.9 Å². The molecule has 130 valence electrons. The van der Waals surface area contributed by atoms with Gasteiger partial charge in [0.15, 0.2) is 0 Å². The molecule has 0 aliphatic heterocycles. The summed E-state index contributed by atoms with van der Waals surface area (Å²) in [5.41, 5.74) is 1.03. The lowest BCUT2D eigenvalue weighted by atomic mass is 10.1. The molecular weight excluding hydrogens is 318 g/mol. The van der Waals surface area contributed by atoms with E-state index in [0.717, 1.165) is 21.9 Å². The van der Waals surface area contributed by atoms with E-state index < -0.39 is 10.0 Å². The molecule has 0 bridgehead atoms. The van der Waals surface area contributed by atoms with Crippen molar-refractivity contribution < 1.29 is 17.9 Å². The normalized spacial score (nSPS) is 13.2. The lowest BCUT2D eigenvalue weighted by Crippen LogP contribution is -2.41. The second-order valence-electron chi connectivity index (χ2n) is 5.58. The summed E-state index contributed by atoms with van der Waals surface area (Å²) in [5.74, 6) is 0.434. The highest BCUT2D eigenvalue weighted by atomic mass is 32.2. The Morgan fingerprint density at radius 1 is 1.22 bits per heavy atom. The number of carbonyl (C=O) groups excluding carboxylic acids is 1. The topological polar surface area (TPSA) is 79.0 Å². The third kappa shape index (κ3) is 6.17. The Morgan fingerprint density at radius 3 is 2.22 bits per heavy atom. The van der Waals surface area contributed by atoms with Crippen LogP contribution in [0.3, 0.4) is 0 Å². The fourth-order valence-electron chi connectivity index (χ4n) is 2.01. The molecule has 0 fully saturated rings. The number of hydrogen-bond donors (Lipinski definition) is 1. The largest absolute Gasteiger partial charge is 0.497 e. The van der Waals surface area contributed by atoms with Gasteiger partial charge in [0.25, 0.3) is 0 Å². The molecule has 8 heteroatoms. The summed E-state index contributed by atoms with van der Waals surface area (Å²) in [6, 6.07) is 7.60. The molecule has 23 heavy (non-hydrogen) atoms. The molecule has 7 nitrogen and oxygen atoms in total. The smallest absolute Gasteiger partial charge is 0.235 e. The fourth-order valence-corrected chi connectivity index (χ4v) is 2.36. The van der Waals surface area contributed by atoms with Crippen LogP contribution >= 0.6 is 0 Å². The van der Waals surface area contributed by atoms with E-state index in [4.69, 9.17) is 4.74 Å². The van der Waals surface area contributed by atoms with Crippen molar-refractivity contribution in [2.45, 2.75) is 6.04 Å². The second-order valence-corrected chi connectivity index (χ2v) is 7.67. The maximum absolute atomic E-state index is 11.9. The lowest BCUT2D eigenvalue weighted by molar-refractivity contribution is -0.121. The zero-order chi connectivity index (χ0) is 17.6. The molecule has 0 saturated carbocycles. The van der Waals surface area contributed by atoms with Crippen LogP contribution in [0.4, 0.5) is 0 Å². The predicted molar refractivity (Wildman–Crippen MR) is 89.9 cm³/mol. The SMILES string of the molecule is COc1ccc([C@@H](CNC(=O)CN(C)S(C)(=O)=O)N(C)C)cc1. The molecule has 1 amide bonds. The molecular formula is C15H25N3O4S. The van der Waals surface area contributed by atoms with Crippen LogP contribution < -0.4 is 10.1 Å². The molecule has 0 spiro atoms. The summed E-state index contributed by atoms with van der Waals surface area (Å²) in [7, 11) is 3.46. The van der Waals surface area contributed by atoms with Crippen molar-refractivity contribution in [2.75, 3.05) is 47.6 Å². The molecule has 0 radical (unpaired) electrons. The summed E-state index contributed by atoms with van der Waals surface area (Å²) < 4.78 is 28.8. The number of methoxy groups -OCH3 is 1. The number of amides is 1. The average molecular weight is 343 g/mol. The molecule has 1 aromatic rings. The van der Waals surface area contributed by atoms with Crippen LogP contribution in [0.5, 0.6) is 5.75 Å². The van der Waals surface area contributed by atoms with E-state index in [2.05, 4.69) is 5.32 Å². The highest BCUT2D eigenvalue weighted by Crippen LogP contribution is 2.20. The van der Waals surface area contributed by atoms with E-state index in [-0.39, 0.29) is 18.5 Å². The Hall–Kier alpha value is -1.64. The minimum atomic E-state index is -3.36. The number of ether oxygens (including phenoxy) is 1. The van der Waals surface area contributed by atoms with Crippen LogP contribution in [0.15, 0.2) is 24.3 Å². The van der Waals surface area contributed by atoms with Crippen molar-refractivity contribution in [2.24, 2.45) is 0 Å². The lowest BCUT2D eigenvalue weighted by Gasteiger charge is -2.25. The first-order chi connectivity index (χ1) is 10.6. The molecule has 0 aliphatic carbocycles. The number of carbonyl (C=O) groups is 1. The average Bonchev–Trinajstić information content (AvgIpc) is 2.46. The van der Waals surface area contributed by atoms with Crippen LogP contribution in [0, 0.1) is 0 Å². The summed E-state index contributed by atoms with van der Waals surface area (Å²) >= 11 is 0. The van der Waals surface area contributed by atoms with Crippen molar-refractivity contribution >= 4 is 15.9 Å². The second kappa shape index (κ2) is 8.28. The predicted octanol–water partition coefficient (Wildman–Crippen LogP) is 0.306. The number of nitrogens with one attached hydrogen (secondary N) is 1. The van der Waals surface area contributed by atoms with E-state index in [0.29, 0.717) is 6.54 Å². The number of rotatable bonds is 8. The number of sulfonamides is 1. The molecule has 1 atom stereocenters. The van der Waals surface area contributed by atoms with Gasteiger partial charge >= 0.3 is 0 Å². The van der Waals surface area contributed by atoms with E-state index in [9.17, 15) is 13.2 Å². The van der Waals surface area contributed by atoms with Crippen molar-refractivity contribution in [1.82, 2.24) is 14.5 Å². The van der Waals surface area contributed by atoms with Gasteiger partial charge in [-0.05, 0) is 31.8 Å². The quantitative estimate of drug-likeness (QED) is 0.735. The molecule has 1 aromatic carbocycles. The van der Waals surface area contributed by atoms with Gasteiger partial charge in [0.05, 0.1) is 26.0 Å². The molecule has 1 N–H and O–H groups in total. The van der Waals surface area contributed by atoms with E-state index >= 15 is 0 Å². The van der Waals surface area contributed by atoms with Gasteiger partial charge in [-0.1, -0.05) is 12.1 Å². The van der Waals surface area contributed by atoms with Crippen molar-refractivity contribution in [1.29, 1.82) is 0 Å². The number of nitrogens with zero attached hydrogens (tertiary/aromatic N) is 2. The van der Waals surface area contributed by atoms with Crippen LogP contribution in [-0.4, -0.2) is 71.1 Å². The van der Waals surface area contributed by atoms with Gasteiger partial charge in [-0.3, -0.25) is 4.79 Å². The minimum Gasteiger partial charge on any atom is -0.497 e. The first kappa shape index (κ1) is 19.4. The fraction of sp³-hybridized carbons (Fsp3) is 0.533. The van der Waals surface area contributed by atoms with Gasteiger partial charge in [0, 0.05) is 13.6 Å². The van der Waals surface area contributed by atoms with Gasteiger partial charge in [-0.25, -0.2) is 8.42 Å². The molecule has 0 heterocycles. The first-order valence-corrected chi connectivity index (χ1v) is 8.98. The zero-order valence-corrected chi connectivity index (χ0v) is 15.1. The molecule has 1 rings (SSSR count). The Morgan fingerprint density at radius 2 is 1.78 bits per heavy atom. The van der Waals surface area contributed by atoms with Crippen LogP contribution in [0.2, 0.25) is 0 Å². The standard InChI is InChI=1S/C15H25N3O4S/c1-17(2)14(12-6-8-13(22-4)9-7-12)10-16-15(19)11-18(3)23(5,20)21/h6-9,14H,10-11H2,1-5H3,(H,16,19)/t14-/m1/s1. The molecule has 0 aromatic heterocycles. The number of likely N-dealkylation sites (N-methyl/N-ethyl adjacent to an activating group) is 2. The van der Waals surface area contributed by atoms with Gasteiger partial charge < -0.3 is 15.0 Å². The summed E-state index contributed by atoms with van der Waals surface area (Å²) in [4.78, 5) is 13.9. The van der Waals surface area contributed by atoms with Crippen molar-refractivity contribution in [3.05, 3.63) is 29.8 Å². The highest BCUT2D eigenvalue weighted by Gasteiger charge is 2.18. The Balaban J connectivity index is 2.68. The van der Waals surface area contributed by atoms with Gasteiger partial charge in [0.1, 0.15) is 5.75 Å². The Kier molecular flexibility index (Phi) is 6.99. The van der Waals surface area contributed by atoms with Crippen LogP contribution in [0.25, 0.3) is 0 Å². The number of benzene rings is 1. The zero-order valence-electron chi connectivity index (χ0n) is 14.2. The monoisotopic (exact) mass is 343 g/mol. The molecule has 0 unspecified atom stereocenters. The van der Waals surface area contributed by atoms with E-state index in [1.165, 1.54) is 7.05 Å². The third-order valence-corrected chi connectivity index (χ3v) is 4.81. The Labute approximate surface area is 138 Å². The van der Waals surface area contributed by atoms with E-state index in [1.54, 1.807) is 7.11 Å². The maximum Gasteiger partial charge on any atom is 0.235 e. The van der Waals surface area contributed by atoms with Crippen molar-refractivity contribution in [3.63, 3.8) is 0 Å². The summed E-state index contributed by atoms with van der Waals surface area (Å²) in [6.45, 7) is 0.192. The molecule has 0 aliphatic rings. The van der Waals surface area contributed by atoms with Crippen LogP contribution in [-0.2, 0) is 14.8 Å². The third-order valence-electron chi connectivity index (χ3n) is 3.55. The number of hydrogen-bond acceptors (Lipinski definition) is 5. The molecule has 0 saturated heterocycles. The van der Waals surface area contributed by atoms with Crippen molar-refractivity contribution in [3.8, 4) is 5.75 Å². The minimum absolute atomic E-state index is 0.0200. The van der Waals surface area contributed by atoms with Gasteiger partial charge in [-0.2, -0.15) is 4.31 Å². The maximum atomic E-state index is 11.9. The van der Waals surface area contributed by atoms with E-state index in [1.807, 2.05) is 43.3 Å². The van der Waals surface area contributed by atoms with Crippen LogP contribution in [0.1, 0.15) is 11.6 Å². The highest BCUT2D eigenvalue weighted by molar-refractivity contribution is 7.88. The summed E-state index contributed by atoms with van der Waals surface area (Å²) in [6.07, 6.45) is 1.07. The first-order valence-electron chi connectivity index (χ1n) is 7.13. The Bertz CT molecular complexity index is 614. The van der Waals surface area contributed by atoms with Gasteiger partial charge in [-0.15, -0.1) is 0 Å².